The van der Waals surface area contributed by atoms with E-state index in [9.17, 15) is 0 Å². The van der Waals surface area contributed by atoms with Crippen LogP contribution in [0.3, 0.4) is 0 Å². The molecule has 0 bridgehead atoms. The molecule has 65 heavy (non-hydrogen) atoms. The fraction of sp³-hybridized carbons (Fsp3) is 0.0476. The van der Waals surface area contributed by atoms with Gasteiger partial charge in [-0.15, -0.1) is 0 Å². The Bertz CT molecular complexity index is 3430. The van der Waals surface area contributed by atoms with Crippen molar-refractivity contribution in [3.05, 3.63) is 254 Å². The van der Waals surface area contributed by atoms with Crippen LogP contribution in [0.1, 0.15) is 25.0 Å². The Hall–Kier alpha value is -8.20. The minimum Gasteiger partial charge on any atom is -0.310 e. The van der Waals surface area contributed by atoms with Gasteiger partial charge in [-0.3, -0.25) is 0 Å². The van der Waals surface area contributed by atoms with E-state index in [0.717, 1.165) is 17.1 Å². The first-order valence-electron chi connectivity index (χ1n) is 22.6. The Morgan fingerprint density at radius 1 is 0.323 bits per heavy atom. The molecule has 1 aliphatic rings. The molecule has 1 aromatic heterocycles. The SMILES string of the molecule is CC1(C)c2cc(N(c3ccccc3)c3ccccc3-c3ccc(-c4ccccc4)cc3)ccc2-c2ccc(-n3c4ccc(-c5ccccc5)cc4c4cc(-c5ccccc5)ccc43)cc21. The fourth-order valence-electron chi connectivity index (χ4n) is 10.3. The molecule has 1 heterocycles. The van der Waals surface area contributed by atoms with Crippen molar-refractivity contribution >= 4 is 38.9 Å². The summed E-state index contributed by atoms with van der Waals surface area (Å²) in [6, 6.07) is 88.8. The Morgan fingerprint density at radius 2 is 0.769 bits per heavy atom. The van der Waals surface area contributed by atoms with Crippen LogP contribution in [0.25, 0.3) is 83.1 Å². The number of anilines is 3. The average Bonchev–Trinajstić information content (AvgIpc) is 3.82. The molecule has 0 aliphatic heterocycles. The molecule has 0 saturated carbocycles. The highest BCUT2D eigenvalue weighted by Crippen LogP contribution is 2.52. The van der Waals surface area contributed by atoms with Crippen LogP contribution in [0.15, 0.2) is 243 Å². The second-order valence-corrected chi connectivity index (χ2v) is 17.7. The zero-order valence-corrected chi connectivity index (χ0v) is 36.5. The van der Waals surface area contributed by atoms with Gasteiger partial charge < -0.3 is 9.47 Å². The maximum atomic E-state index is 2.47. The summed E-state index contributed by atoms with van der Waals surface area (Å²) in [5, 5.41) is 2.50. The molecule has 12 rings (SSSR count). The van der Waals surface area contributed by atoms with Crippen LogP contribution in [0, 0.1) is 0 Å². The van der Waals surface area contributed by atoms with Gasteiger partial charge in [-0.2, -0.15) is 0 Å². The van der Waals surface area contributed by atoms with Crippen LogP contribution in [0.4, 0.5) is 17.1 Å². The quantitative estimate of drug-likeness (QED) is 0.148. The molecule has 0 amide bonds. The molecule has 0 fully saturated rings. The molecule has 0 atom stereocenters. The zero-order chi connectivity index (χ0) is 43.5. The topological polar surface area (TPSA) is 8.17 Å². The minimum absolute atomic E-state index is 0.258. The maximum absolute atomic E-state index is 2.47. The average molecular weight is 831 g/mol. The van der Waals surface area contributed by atoms with Crippen molar-refractivity contribution < 1.29 is 0 Å². The molecule has 0 spiro atoms. The molecule has 308 valence electrons. The first-order chi connectivity index (χ1) is 32.0. The molecule has 11 aromatic rings. The van der Waals surface area contributed by atoms with Crippen LogP contribution >= 0.6 is 0 Å². The van der Waals surface area contributed by atoms with Gasteiger partial charge in [0.1, 0.15) is 0 Å². The van der Waals surface area contributed by atoms with Gasteiger partial charge in [0.25, 0.3) is 0 Å². The number of rotatable bonds is 8. The van der Waals surface area contributed by atoms with E-state index in [1.54, 1.807) is 0 Å². The van der Waals surface area contributed by atoms with Gasteiger partial charge in [-0.1, -0.05) is 190 Å². The highest BCUT2D eigenvalue weighted by atomic mass is 15.1. The second kappa shape index (κ2) is 15.6. The van der Waals surface area contributed by atoms with Crippen LogP contribution in [0.2, 0.25) is 0 Å². The largest absolute Gasteiger partial charge is 0.310 e. The van der Waals surface area contributed by atoms with Crippen LogP contribution in [-0.4, -0.2) is 4.57 Å². The number of aromatic nitrogens is 1. The van der Waals surface area contributed by atoms with E-state index in [2.05, 4.69) is 266 Å². The van der Waals surface area contributed by atoms with Gasteiger partial charge in [-0.25, -0.2) is 0 Å². The van der Waals surface area contributed by atoms with Gasteiger partial charge >= 0.3 is 0 Å². The summed E-state index contributed by atoms with van der Waals surface area (Å²) in [7, 11) is 0. The standard InChI is InChI=1S/C63H46N2/c1-63(2)58-41-51(64(50-23-13-6-14-24-50)60-26-16-15-25-53(60)47-29-27-46(28-30-47)43-17-7-3-8-18-43)33-35-54(58)55-36-34-52(42-59(55)63)65-61-37-31-48(44-19-9-4-10-20-44)39-56(61)57-40-49(32-38-62(57)65)45-21-11-5-12-22-45/h3-42H,1-2H3. The molecule has 2 nitrogen and oxygen atoms in total. The molecular weight excluding hydrogens is 785 g/mol. The van der Waals surface area contributed by atoms with Gasteiger partial charge in [0.15, 0.2) is 0 Å². The predicted octanol–water partition coefficient (Wildman–Crippen LogP) is 17.2. The first kappa shape index (κ1) is 38.5. The third-order valence-corrected chi connectivity index (χ3v) is 13.6. The summed E-state index contributed by atoms with van der Waals surface area (Å²) in [4.78, 5) is 2.43. The third kappa shape index (κ3) is 6.57. The van der Waals surface area contributed by atoms with Crippen LogP contribution in [-0.2, 0) is 5.41 Å². The summed E-state index contributed by atoms with van der Waals surface area (Å²) in [6.07, 6.45) is 0. The van der Waals surface area contributed by atoms with Gasteiger partial charge in [0, 0.05) is 38.8 Å². The lowest BCUT2D eigenvalue weighted by molar-refractivity contribution is 0.660. The Morgan fingerprint density at radius 3 is 1.35 bits per heavy atom. The van der Waals surface area contributed by atoms with E-state index in [1.807, 2.05) is 0 Å². The van der Waals surface area contributed by atoms with Crippen molar-refractivity contribution in [3.63, 3.8) is 0 Å². The normalized spacial score (nSPS) is 12.6. The molecule has 0 unspecified atom stereocenters. The van der Waals surface area contributed by atoms with E-state index in [1.165, 1.54) is 94.3 Å². The van der Waals surface area contributed by atoms with E-state index in [4.69, 9.17) is 0 Å². The summed E-state index contributed by atoms with van der Waals surface area (Å²) in [6.45, 7) is 4.79. The maximum Gasteiger partial charge on any atom is 0.0541 e. The summed E-state index contributed by atoms with van der Waals surface area (Å²) >= 11 is 0. The number of hydrogen-bond acceptors (Lipinski definition) is 1. The monoisotopic (exact) mass is 830 g/mol. The molecule has 2 heteroatoms. The highest BCUT2D eigenvalue weighted by molar-refractivity contribution is 6.12. The second-order valence-electron chi connectivity index (χ2n) is 17.7. The van der Waals surface area contributed by atoms with E-state index in [0.29, 0.717) is 0 Å². The highest BCUT2D eigenvalue weighted by Gasteiger charge is 2.37. The smallest absolute Gasteiger partial charge is 0.0541 e. The number of nitrogens with zero attached hydrogens (tertiary/aromatic N) is 2. The molecule has 1 aliphatic carbocycles. The van der Waals surface area contributed by atoms with Crippen molar-refractivity contribution in [2.45, 2.75) is 19.3 Å². The minimum atomic E-state index is -0.258. The van der Waals surface area contributed by atoms with E-state index in [-0.39, 0.29) is 5.41 Å². The third-order valence-electron chi connectivity index (χ3n) is 13.6. The lowest BCUT2D eigenvalue weighted by Gasteiger charge is -2.29. The van der Waals surface area contributed by atoms with Crippen molar-refractivity contribution in [2.75, 3.05) is 4.90 Å². The Kier molecular flexibility index (Phi) is 9.21. The summed E-state index contributed by atoms with van der Waals surface area (Å²) in [5.74, 6) is 0. The lowest BCUT2D eigenvalue weighted by Crippen LogP contribution is -2.17. The molecular formula is C63H46N2. The van der Waals surface area contributed by atoms with Crippen molar-refractivity contribution in [3.8, 4) is 61.3 Å². The fourth-order valence-corrected chi connectivity index (χ4v) is 10.3. The summed E-state index contributed by atoms with van der Waals surface area (Å²) < 4.78 is 2.47. The van der Waals surface area contributed by atoms with Crippen LogP contribution in [0.5, 0.6) is 0 Å². The Labute approximate surface area is 381 Å². The number of hydrogen-bond donors (Lipinski definition) is 0. The Balaban J connectivity index is 0.966. The van der Waals surface area contributed by atoms with Crippen LogP contribution < -0.4 is 4.90 Å². The predicted molar refractivity (Wildman–Crippen MR) is 275 cm³/mol. The van der Waals surface area contributed by atoms with Crippen molar-refractivity contribution in [2.24, 2.45) is 0 Å². The van der Waals surface area contributed by atoms with Gasteiger partial charge in [0.2, 0.25) is 0 Å². The van der Waals surface area contributed by atoms with Gasteiger partial charge in [-0.05, 0) is 128 Å². The molecule has 0 radical (unpaired) electrons. The number of benzene rings is 10. The lowest BCUT2D eigenvalue weighted by atomic mass is 9.82. The van der Waals surface area contributed by atoms with Crippen molar-refractivity contribution in [1.29, 1.82) is 0 Å². The van der Waals surface area contributed by atoms with E-state index >= 15 is 0 Å². The van der Waals surface area contributed by atoms with Crippen molar-refractivity contribution in [1.82, 2.24) is 4.57 Å². The van der Waals surface area contributed by atoms with E-state index < -0.39 is 0 Å². The number of para-hydroxylation sites is 2. The molecule has 0 N–H and O–H groups in total. The molecule has 0 saturated heterocycles. The zero-order valence-electron chi connectivity index (χ0n) is 36.5. The summed E-state index contributed by atoms with van der Waals surface area (Å²) in [5.41, 5.74) is 21.6. The van der Waals surface area contributed by atoms with Gasteiger partial charge in [0.05, 0.1) is 16.7 Å². The molecule has 10 aromatic carbocycles. The number of fused-ring (bicyclic) bond motifs is 6. The first-order valence-corrected chi connectivity index (χ1v) is 22.6.